The number of aromatic nitrogens is 3. The number of fused-ring (bicyclic) bond motifs is 11. The van der Waals surface area contributed by atoms with Crippen LogP contribution in [0.3, 0.4) is 0 Å². The normalized spacial score (nSPS) is 12.1. The van der Waals surface area contributed by atoms with E-state index in [-0.39, 0.29) is 0 Å². The number of rotatable bonds is 2. The van der Waals surface area contributed by atoms with Crippen molar-refractivity contribution < 1.29 is 4.42 Å². The van der Waals surface area contributed by atoms with E-state index in [0.717, 1.165) is 38.6 Å². The first-order valence-corrected chi connectivity index (χ1v) is 14.8. The van der Waals surface area contributed by atoms with Gasteiger partial charge >= 0.3 is 0 Å². The predicted octanol–water partition coefficient (Wildman–Crippen LogP) is 10.6. The minimum Gasteiger partial charge on any atom is -0.437 e. The van der Waals surface area contributed by atoms with Crippen LogP contribution in [0.1, 0.15) is 0 Å². The Morgan fingerprint density at radius 3 is 1.73 bits per heavy atom. The van der Waals surface area contributed by atoms with E-state index in [0.29, 0.717) is 11.7 Å². The van der Waals surface area contributed by atoms with Crippen LogP contribution in [-0.2, 0) is 0 Å². The molecule has 0 bridgehead atoms. The summed E-state index contributed by atoms with van der Waals surface area (Å²) >= 11 is 0. The van der Waals surface area contributed by atoms with E-state index in [1.807, 2.05) is 18.2 Å². The van der Waals surface area contributed by atoms with Crippen molar-refractivity contribution in [2.24, 2.45) is 0 Å². The fourth-order valence-electron chi connectivity index (χ4n) is 7.02. The maximum atomic E-state index is 6.44. The van der Waals surface area contributed by atoms with Gasteiger partial charge in [-0.05, 0) is 56.6 Å². The molecule has 0 N–H and O–H groups in total. The third-order valence-electron chi connectivity index (χ3n) is 9.00. The zero-order chi connectivity index (χ0) is 28.8. The molecule has 0 saturated heterocycles. The van der Waals surface area contributed by atoms with Gasteiger partial charge in [-0.15, -0.1) is 0 Å². The van der Waals surface area contributed by atoms with Crippen LogP contribution in [0.25, 0.3) is 93.4 Å². The Bertz CT molecular complexity index is 2690. The van der Waals surface area contributed by atoms with E-state index in [9.17, 15) is 0 Å². The third-order valence-corrected chi connectivity index (χ3v) is 9.00. The highest BCUT2D eigenvalue weighted by molar-refractivity contribution is 6.28. The van der Waals surface area contributed by atoms with Gasteiger partial charge in [0, 0.05) is 21.7 Å². The number of nitrogens with zero attached hydrogens (tertiary/aromatic N) is 3. The van der Waals surface area contributed by atoms with Crippen LogP contribution in [0.4, 0.5) is 0 Å². The van der Waals surface area contributed by atoms with Crippen molar-refractivity contribution >= 4 is 76.2 Å². The quantitative estimate of drug-likeness (QED) is 0.211. The summed E-state index contributed by atoms with van der Waals surface area (Å²) < 4.78 is 8.65. The zero-order valence-electron chi connectivity index (χ0n) is 23.5. The largest absolute Gasteiger partial charge is 0.437 e. The van der Waals surface area contributed by atoms with Crippen molar-refractivity contribution in [3.05, 3.63) is 140 Å². The monoisotopic (exact) mass is 561 g/mol. The summed E-state index contributed by atoms with van der Waals surface area (Å²) in [6.45, 7) is 0. The van der Waals surface area contributed by atoms with Gasteiger partial charge in [-0.1, -0.05) is 115 Å². The third kappa shape index (κ3) is 3.22. The number of para-hydroxylation sites is 1. The first kappa shape index (κ1) is 23.6. The lowest BCUT2D eigenvalue weighted by atomic mass is 10.00. The molecule has 44 heavy (non-hydrogen) atoms. The highest BCUT2D eigenvalue weighted by atomic mass is 16.3. The summed E-state index contributed by atoms with van der Waals surface area (Å²) in [4.78, 5) is 10.5. The molecule has 3 aromatic heterocycles. The van der Waals surface area contributed by atoms with Gasteiger partial charge < -0.3 is 4.42 Å². The van der Waals surface area contributed by atoms with Gasteiger partial charge in [0.1, 0.15) is 5.58 Å². The van der Waals surface area contributed by atoms with E-state index < -0.39 is 0 Å². The van der Waals surface area contributed by atoms with Gasteiger partial charge in [-0.3, -0.25) is 4.57 Å². The first-order chi connectivity index (χ1) is 21.8. The van der Waals surface area contributed by atoms with Crippen LogP contribution in [0.15, 0.2) is 144 Å². The Kier molecular flexibility index (Phi) is 4.69. The molecule has 204 valence electrons. The lowest BCUT2D eigenvalue weighted by Crippen LogP contribution is -2.03. The zero-order valence-corrected chi connectivity index (χ0v) is 23.5. The van der Waals surface area contributed by atoms with Gasteiger partial charge in [0.05, 0.1) is 22.1 Å². The molecule has 10 rings (SSSR count). The lowest BCUT2D eigenvalue weighted by molar-refractivity contribution is 0.651. The predicted molar refractivity (Wildman–Crippen MR) is 182 cm³/mol. The molecule has 0 radical (unpaired) electrons. The molecule has 0 aliphatic heterocycles. The topological polar surface area (TPSA) is 43.9 Å². The van der Waals surface area contributed by atoms with Crippen LogP contribution in [0.5, 0.6) is 0 Å². The highest BCUT2D eigenvalue weighted by Crippen LogP contribution is 2.42. The fraction of sp³-hybridized carbons (Fsp3) is 0. The Balaban J connectivity index is 1.38. The van der Waals surface area contributed by atoms with Gasteiger partial charge in [-0.25, -0.2) is 4.98 Å². The lowest BCUT2D eigenvalue weighted by Gasteiger charge is -2.10. The minimum atomic E-state index is 0.580. The van der Waals surface area contributed by atoms with Crippen LogP contribution in [-0.4, -0.2) is 14.5 Å². The van der Waals surface area contributed by atoms with Crippen molar-refractivity contribution in [3.8, 4) is 17.2 Å². The molecule has 0 saturated carbocycles. The molecule has 0 aliphatic rings. The van der Waals surface area contributed by atoms with E-state index in [2.05, 4.69) is 126 Å². The molecule has 3 heterocycles. The second kappa shape index (κ2) is 8.76. The van der Waals surface area contributed by atoms with Crippen molar-refractivity contribution in [2.45, 2.75) is 0 Å². The maximum Gasteiger partial charge on any atom is 0.238 e. The number of furan rings is 1. The minimum absolute atomic E-state index is 0.580. The standard InChI is InChI=1S/C40H23N3O/c1-2-12-27-23-28(18-17-24(27)9-1)38-37-31-15-7-8-16-34(31)44-39(37)42-40(41-38)43-32-21-19-25-10-3-5-13-29(25)35(32)36-30-14-6-4-11-26(30)20-22-33(36)43/h1-23H. The summed E-state index contributed by atoms with van der Waals surface area (Å²) in [7, 11) is 0. The smallest absolute Gasteiger partial charge is 0.238 e. The summed E-state index contributed by atoms with van der Waals surface area (Å²) in [5.41, 5.74) is 5.40. The molecule has 0 unspecified atom stereocenters. The summed E-state index contributed by atoms with van der Waals surface area (Å²) in [6.07, 6.45) is 0. The summed E-state index contributed by atoms with van der Waals surface area (Å²) in [5.74, 6) is 0.588. The average molecular weight is 562 g/mol. The molecule has 0 atom stereocenters. The summed E-state index contributed by atoms with van der Waals surface area (Å²) in [5, 5.41) is 11.5. The van der Waals surface area contributed by atoms with Gasteiger partial charge in [0.2, 0.25) is 11.7 Å². The molecular weight excluding hydrogens is 538 g/mol. The second-order valence-electron chi connectivity index (χ2n) is 11.4. The Hall–Kier alpha value is -6.00. The van der Waals surface area contributed by atoms with Gasteiger partial charge in [0.15, 0.2) is 0 Å². The molecule has 4 heteroatoms. The van der Waals surface area contributed by atoms with Crippen LogP contribution < -0.4 is 0 Å². The molecule has 0 fully saturated rings. The maximum absolute atomic E-state index is 6.44. The van der Waals surface area contributed by atoms with Crippen molar-refractivity contribution in [1.82, 2.24) is 14.5 Å². The molecule has 0 aliphatic carbocycles. The van der Waals surface area contributed by atoms with Crippen molar-refractivity contribution in [1.29, 1.82) is 0 Å². The Morgan fingerprint density at radius 1 is 0.455 bits per heavy atom. The second-order valence-corrected chi connectivity index (χ2v) is 11.4. The Morgan fingerprint density at radius 2 is 1.02 bits per heavy atom. The van der Waals surface area contributed by atoms with E-state index in [1.54, 1.807) is 0 Å². The van der Waals surface area contributed by atoms with Crippen molar-refractivity contribution in [3.63, 3.8) is 0 Å². The van der Waals surface area contributed by atoms with E-state index in [1.165, 1.54) is 43.1 Å². The van der Waals surface area contributed by atoms with Gasteiger partial charge in [-0.2, -0.15) is 4.98 Å². The Labute approximate surface area is 251 Å². The van der Waals surface area contributed by atoms with Crippen LogP contribution in [0.2, 0.25) is 0 Å². The van der Waals surface area contributed by atoms with Crippen LogP contribution >= 0.6 is 0 Å². The molecule has 7 aromatic carbocycles. The SMILES string of the molecule is c1ccc2cc(-c3nc(-n4c5ccc6ccccc6c5c5c6ccccc6ccc54)nc4oc5ccccc5c34)ccc2c1. The fourth-order valence-corrected chi connectivity index (χ4v) is 7.02. The number of benzene rings is 7. The van der Waals surface area contributed by atoms with Crippen LogP contribution in [0, 0.1) is 0 Å². The molecular formula is C40H23N3O. The molecule has 0 spiro atoms. The van der Waals surface area contributed by atoms with E-state index in [4.69, 9.17) is 14.4 Å². The van der Waals surface area contributed by atoms with Crippen molar-refractivity contribution in [2.75, 3.05) is 0 Å². The van der Waals surface area contributed by atoms with Gasteiger partial charge in [0.25, 0.3) is 0 Å². The average Bonchev–Trinajstić information content (AvgIpc) is 3.64. The van der Waals surface area contributed by atoms with E-state index >= 15 is 0 Å². The molecule has 0 amide bonds. The first-order valence-electron chi connectivity index (χ1n) is 14.8. The highest BCUT2D eigenvalue weighted by Gasteiger charge is 2.22. The number of hydrogen-bond acceptors (Lipinski definition) is 3. The summed E-state index contributed by atoms with van der Waals surface area (Å²) in [6, 6.07) is 49.1. The molecule has 10 aromatic rings. The number of hydrogen-bond donors (Lipinski definition) is 0. The molecule has 4 nitrogen and oxygen atoms in total.